The third-order valence-corrected chi connectivity index (χ3v) is 1.84. The minimum absolute atomic E-state index is 0.0499. The van der Waals surface area contributed by atoms with Crippen molar-refractivity contribution in [1.29, 1.82) is 0 Å². The predicted octanol–water partition coefficient (Wildman–Crippen LogP) is 3.18. The Hall–Kier alpha value is 0.0400. The molecule has 0 amide bonds. The Labute approximate surface area is 104 Å². The number of rotatable bonds is 6. The summed E-state index contributed by atoms with van der Waals surface area (Å²) >= 11 is 16.3. The third-order valence-electron chi connectivity index (χ3n) is 1.51. The van der Waals surface area contributed by atoms with Crippen molar-refractivity contribution < 1.29 is 14.6 Å². The Morgan fingerprint density at radius 1 is 1.47 bits per heavy atom. The summed E-state index contributed by atoms with van der Waals surface area (Å²) in [5.74, 6) is -1.14. The maximum Gasteiger partial charge on any atom is 0.333 e. The molecule has 0 aromatic heterocycles. The largest absolute Gasteiger partial charge is 0.478 e. The Bertz CT molecular complexity index is 233. The number of carboxylic acids is 1. The van der Waals surface area contributed by atoms with E-state index in [2.05, 4.69) is 0 Å². The molecule has 0 aromatic rings. The van der Waals surface area contributed by atoms with E-state index in [9.17, 15) is 4.79 Å². The smallest absolute Gasteiger partial charge is 0.333 e. The highest BCUT2D eigenvalue weighted by molar-refractivity contribution is 6.69. The van der Waals surface area contributed by atoms with Crippen LogP contribution in [0.25, 0.3) is 0 Å². The number of hydrogen-bond donors (Lipinski definition) is 1. The zero-order chi connectivity index (χ0) is 11.9. The molecule has 0 spiro atoms. The second-order valence-electron chi connectivity index (χ2n) is 2.92. The maximum atomic E-state index is 10.7. The molecule has 1 N–H and O–H groups in total. The lowest BCUT2D eigenvalue weighted by Crippen LogP contribution is -2.12. The molecule has 0 unspecified atom stereocenters. The molecule has 0 aliphatic rings. The van der Waals surface area contributed by atoms with E-state index in [1.807, 2.05) is 6.92 Å². The van der Waals surface area contributed by atoms with Gasteiger partial charge in [0.25, 0.3) is 0 Å². The maximum absolute atomic E-state index is 10.7. The average Bonchev–Trinajstić information content (AvgIpc) is 2.08. The van der Waals surface area contributed by atoms with Gasteiger partial charge in [-0.15, -0.1) is 0 Å². The molecule has 0 heterocycles. The van der Waals surface area contributed by atoms with E-state index in [4.69, 9.17) is 44.6 Å². The number of unbranched alkanes of at least 4 members (excludes halogenated alkanes) is 1. The topological polar surface area (TPSA) is 46.5 Å². The van der Waals surface area contributed by atoms with Crippen LogP contribution in [-0.2, 0) is 9.53 Å². The number of ether oxygens (including phenoxy) is 1. The van der Waals surface area contributed by atoms with Gasteiger partial charge in [0.05, 0.1) is 12.2 Å². The van der Waals surface area contributed by atoms with Gasteiger partial charge in [0, 0.05) is 6.61 Å². The highest BCUT2D eigenvalue weighted by Gasteiger charge is 2.20. The standard InChI is InChI=1S/C9H13Cl3O3/c1-2-3-4-15-6-7(8(13)14)5-9(10,11)12/h5H,2-4,6H2,1H3,(H,13,14)/b7-5+. The number of alkyl halides is 3. The fourth-order valence-corrected chi connectivity index (χ4v) is 1.19. The van der Waals surface area contributed by atoms with Gasteiger partial charge in [-0.3, -0.25) is 0 Å². The van der Waals surface area contributed by atoms with Gasteiger partial charge in [0.15, 0.2) is 0 Å². The Morgan fingerprint density at radius 2 is 2.07 bits per heavy atom. The van der Waals surface area contributed by atoms with E-state index >= 15 is 0 Å². The summed E-state index contributed by atoms with van der Waals surface area (Å²) < 4.78 is 3.41. The van der Waals surface area contributed by atoms with E-state index in [0.29, 0.717) is 6.61 Å². The molecule has 0 aromatic carbocycles. The quantitative estimate of drug-likeness (QED) is 0.460. The fraction of sp³-hybridized carbons (Fsp3) is 0.667. The first kappa shape index (κ1) is 15.0. The lowest BCUT2D eigenvalue weighted by Gasteiger charge is -2.08. The van der Waals surface area contributed by atoms with Gasteiger partial charge in [-0.2, -0.15) is 0 Å². The van der Waals surface area contributed by atoms with E-state index < -0.39 is 9.76 Å². The zero-order valence-corrected chi connectivity index (χ0v) is 10.6. The van der Waals surface area contributed by atoms with Gasteiger partial charge < -0.3 is 9.84 Å². The van der Waals surface area contributed by atoms with Crippen molar-refractivity contribution in [1.82, 2.24) is 0 Å². The number of hydrogen-bond acceptors (Lipinski definition) is 2. The minimum Gasteiger partial charge on any atom is -0.478 e. The zero-order valence-electron chi connectivity index (χ0n) is 8.30. The van der Waals surface area contributed by atoms with Crippen LogP contribution in [-0.4, -0.2) is 28.1 Å². The van der Waals surface area contributed by atoms with Gasteiger partial charge in [0.1, 0.15) is 0 Å². The highest BCUT2D eigenvalue weighted by atomic mass is 35.6. The van der Waals surface area contributed by atoms with E-state index in [-0.39, 0.29) is 12.2 Å². The van der Waals surface area contributed by atoms with Crippen LogP contribution >= 0.6 is 34.8 Å². The van der Waals surface area contributed by atoms with E-state index in [1.54, 1.807) is 0 Å². The van der Waals surface area contributed by atoms with Gasteiger partial charge in [-0.05, 0) is 12.5 Å². The van der Waals surface area contributed by atoms with Crippen LogP contribution < -0.4 is 0 Å². The molecule has 6 heteroatoms. The number of carboxylic acid groups (broad SMARTS) is 1. The highest BCUT2D eigenvalue weighted by Crippen LogP contribution is 2.28. The summed E-state index contributed by atoms with van der Waals surface area (Å²) in [6, 6.07) is 0. The molecule has 0 saturated carbocycles. The fourth-order valence-electron chi connectivity index (χ4n) is 0.791. The molecule has 0 radical (unpaired) electrons. The second kappa shape index (κ2) is 7.34. The summed E-state index contributed by atoms with van der Waals surface area (Å²) in [5.41, 5.74) is -0.0499. The molecule has 0 aliphatic carbocycles. The van der Waals surface area contributed by atoms with Crippen LogP contribution in [0, 0.1) is 0 Å². The SMILES string of the molecule is CCCCOC/C(=C\C(Cl)(Cl)Cl)C(=O)O. The molecule has 0 saturated heterocycles. The summed E-state index contributed by atoms with van der Waals surface area (Å²) in [4.78, 5) is 10.7. The first-order valence-electron chi connectivity index (χ1n) is 4.46. The van der Waals surface area contributed by atoms with Crippen LogP contribution in [0.15, 0.2) is 11.6 Å². The van der Waals surface area contributed by atoms with Gasteiger partial charge in [-0.25, -0.2) is 4.79 Å². The second-order valence-corrected chi connectivity index (χ2v) is 5.29. The molecular formula is C9H13Cl3O3. The van der Waals surface area contributed by atoms with E-state index in [0.717, 1.165) is 18.9 Å². The van der Waals surface area contributed by atoms with Crippen LogP contribution in [0.4, 0.5) is 0 Å². The van der Waals surface area contributed by atoms with Crippen LogP contribution in [0.2, 0.25) is 0 Å². The molecule has 0 aliphatic heterocycles. The normalized spacial score (nSPS) is 12.9. The first-order valence-corrected chi connectivity index (χ1v) is 5.59. The molecule has 3 nitrogen and oxygen atoms in total. The van der Waals surface area contributed by atoms with Crippen LogP contribution in [0.1, 0.15) is 19.8 Å². The summed E-state index contributed by atoms with van der Waals surface area (Å²) in [6.45, 7) is 2.46. The summed E-state index contributed by atoms with van der Waals surface area (Å²) in [5, 5.41) is 8.77. The van der Waals surface area contributed by atoms with Crippen molar-refractivity contribution in [2.75, 3.05) is 13.2 Å². The number of aliphatic carboxylic acids is 1. The molecule has 0 atom stereocenters. The molecular weight excluding hydrogens is 262 g/mol. The minimum atomic E-state index is -1.71. The van der Waals surface area contributed by atoms with Crippen molar-refractivity contribution in [2.45, 2.75) is 23.6 Å². The van der Waals surface area contributed by atoms with Crippen LogP contribution in [0.3, 0.4) is 0 Å². The molecule has 0 rings (SSSR count). The Balaban J connectivity index is 4.18. The first-order chi connectivity index (χ1) is 6.87. The average molecular weight is 276 g/mol. The van der Waals surface area contributed by atoms with Gasteiger partial charge in [0.2, 0.25) is 3.79 Å². The summed E-state index contributed by atoms with van der Waals surface area (Å²) in [7, 11) is 0. The summed E-state index contributed by atoms with van der Waals surface area (Å²) in [6.07, 6.45) is 2.91. The third kappa shape index (κ3) is 9.00. The lowest BCUT2D eigenvalue weighted by atomic mass is 10.3. The molecule has 88 valence electrons. The van der Waals surface area contributed by atoms with Crippen molar-refractivity contribution in [2.24, 2.45) is 0 Å². The molecule has 15 heavy (non-hydrogen) atoms. The van der Waals surface area contributed by atoms with Crippen molar-refractivity contribution in [3.63, 3.8) is 0 Å². The van der Waals surface area contributed by atoms with Crippen molar-refractivity contribution in [3.05, 3.63) is 11.6 Å². The van der Waals surface area contributed by atoms with Gasteiger partial charge in [-0.1, -0.05) is 48.1 Å². The van der Waals surface area contributed by atoms with Crippen molar-refractivity contribution >= 4 is 40.8 Å². The number of carbonyl (C=O) groups is 1. The van der Waals surface area contributed by atoms with Gasteiger partial charge >= 0.3 is 5.97 Å². The van der Waals surface area contributed by atoms with E-state index in [1.165, 1.54) is 0 Å². The molecule has 0 fully saturated rings. The van der Waals surface area contributed by atoms with Crippen molar-refractivity contribution in [3.8, 4) is 0 Å². The lowest BCUT2D eigenvalue weighted by molar-refractivity contribution is -0.133. The monoisotopic (exact) mass is 274 g/mol. The van der Waals surface area contributed by atoms with Crippen LogP contribution in [0.5, 0.6) is 0 Å². The molecule has 0 bridgehead atoms. The number of halogens is 3. The predicted molar refractivity (Wildman–Crippen MR) is 61.7 cm³/mol. The Morgan fingerprint density at radius 3 is 2.47 bits per heavy atom. The Kier molecular flexibility index (Phi) is 7.36. The number of allylic oxidation sites excluding steroid dienone is 1.